The number of carbonyl (C=O) groups is 1. The van der Waals surface area contributed by atoms with Crippen molar-refractivity contribution in [1.29, 1.82) is 0 Å². The van der Waals surface area contributed by atoms with E-state index in [1.54, 1.807) is 0 Å². The number of Topliss-reactive ketones (excluding diaryl/α,β-unsaturated/α-hetero) is 1. The minimum atomic E-state index is 0.0313. The minimum Gasteiger partial charge on any atom is -0.293 e. The molecule has 0 N–H and O–H groups in total. The van der Waals surface area contributed by atoms with Crippen molar-refractivity contribution in [2.24, 2.45) is 0 Å². The minimum absolute atomic E-state index is 0.0313. The number of benzene rings is 2. The Balaban J connectivity index is 2.52. The summed E-state index contributed by atoms with van der Waals surface area (Å²) in [6.45, 7) is 1.91. The van der Waals surface area contributed by atoms with E-state index in [0.717, 1.165) is 10.9 Å². The Kier molecular flexibility index (Phi) is 3.05. The summed E-state index contributed by atoms with van der Waals surface area (Å²) in [4.78, 5) is 11.8. The molecule has 0 radical (unpaired) electrons. The van der Waals surface area contributed by atoms with Gasteiger partial charge in [-0.05, 0) is 23.8 Å². The van der Waals surface area contributed by atoms with Gasteiger partial charge in [0.25, 0.3) is 0 Å². The number of hydrogen-bond acceptors (Lipinski definition) is 1. The second-order valence-electron chi connectivity index (χ2n) is 3.54. The molecule has 2 rings (SSSR count). The Morgan fingerprint density at radius 2 is 1.80 bits per heavy atom. The van der Waals surface area contributed by atoms with Crippen molar-refractivity contribution in [3.8, 4) is 0 Å². The normalized spacial score (nSPS) is 12.7. The fourth-order valence-corrected chi connectivity index (χ4v) is 1.93. The molecule has 0 aliphatic carbocycles. The van der Waals surface area contributed by atoms with Gasteiger partial charge in [0.15, 0.2) is 5.78 Å². The fourth-order valence-electron chi connectivity index (χ4n) is 1.57. The highest BCUT2D eigenvalue weighted by molar-refractivity contribution is 14.1. The van der Waals surface area contributed by atoms with E-state index in [1.165, 1.54) is 5.39 Å². The van der Waals surface area contributed by atoms with Gasteiger partial charge in [-0.25, -0.2) is 0 Å². The van der Waals surface area contributed by atoms with Crippen molar-refractivity contribution in [2.45, 2.75) is 10.8 Å². The maximum atomic E-state index is 11.8. The van der Waals surface area contributed by atoms with Gasteiger partial charge >= 0.3 is 0 Å². The Labute approximate surface area is 103 Å². The third-order valence-electron chi connectivity index (χ3n) is 2.40. The summed E-state index contributed by atoms with van der Waals surface area (Å²) in [5.74, 6) is 0.196. The molecular formula is C13H11IO. The lowest BCUT2D eigenvalue weighted by atomic mass is 10.0. The van der Waals surface area contributed by atoms with Crippen LogP contribution in [0.4, 0.5) is 0 Å². The van der Waals surface area contributed by atoms with Gasteiger partial charge in [-0.2, -0.15) is 0 Å². The van der Waals surface area contributed by atoms with Crippen molar-refractivity contribution in [1.82, 2.24) is 0 Å². The average molecular weight is 310 g/mol. The Morgan fingerprint density at radius 3 is 2.47 bits per heavy atom. The molecule has 0 heterocycles. The van der Waals surface area contributed by atoms with Crippen LogP contribution in [0.3, 0.4) is 0 Å². The lowest BCUT2D eigenvalue weighted by Crippen LogP contribution is -2.09. The third-order valence-corrected chi connectivity index (χ3v) is 2.96. The number of halogens is 1. The van der Waals surface area contributed by atoms with E-state index in [2.05, 4.69) is 28.7 Å². The molecule has 1 nitrogen and oxygen atoms in total. The number of carbonyl (C=O) groups excluding carboxylic acids is 1. The van der Waals surface area contributed by atoms with Crippen LogP contribution in [-0.4, -0.2) is 9.71 Å². The highest BCUT2D eigenvalue weighted by Gasteiger charge is 2.11. The monoisotopic (exact) mass is 310 g/mol. The van der Waals surface area contributed by atoms with E-state index in [-0.39, 0.29) is 9.71 Å². The van der Waals surface area contributed by atoms with Gasteiger partial charge in [-0.1, -0.05) is 59.0 Å². The first-order valence-electron chi connectivity index (χ1n) is 4.85. The molecule has 76 valence electrons. The number of rotatable bonds is 2. The van der Waals surface area contributed by atoms with Crippen LogP contribution in [0.1, 0.15) is 17.3 Å². The molecule has 0 fully saturated rings. The molecule has 0 saturated carbocycles. The zero-order valence-electron chi connectivity index (χ0n) is 8.41. The summed E-state index contributed by atoms with van der Waals surface area (Å²) >= 11 is 2.15. The highest BCUT2D eigenvalue weighted by Crippen LogP contribution is 2.18. The summed E-state index contributed by atoms with van der Waals surface area (Å²) in [6, 6.07) is 13.9. The molecule has 0 amide bonds. The zero-order chi connectivity index (χ0) is 10.8. The van der Waals surface area contributed by atoms with Crippen LogP contribution in [0.5, 0.6) is 0 Å². The topological polar surface area (TPSA) is 17.1 Å². The van der Waals surface area contributed by atoms with E-state index in [9.17, 15) is 4.79 Å². The number of alkyl halides is 1. The first-order chi connectivity index (χ1) is 7.18. The van der Waals surface area contributed by atoms with Crippen LogP contribution in [-0.2, 0) is 0 Å². The Bertz CT molecular complexity index is 503. The maximum absolute atomic E-state index is 11.8. The van der Waals surface area contributed by atoms with Gasteiger partial charge in [0.2, 0.25) is 0 Å². The summed E-state index contributed by atoms with van der Waals surface area (Å²) < 4.78 is 0.0313. The number of hydrogen-bond donors (Lipinski definition) is 0. The van der Waals surface area contributed by atoms with Crippen LogP contribution in [0.2, 0.25) is 0 Å². The van der Waals surface area contributed by atoms with Crippen molar-refractivity contribution in [3.63, 3.8) is 0 Å². The van der Waals surface area contributed by atoms with Crippen molar-refractivity contribution in [3.05, 3.63) is 48.0 Å². The molecule has 2 aromatic carbocycles. The van der Waals surface area contributed by atoms with E-state index < -0.39 is 0 Å². The van der Waals surface area contributed by atoms with Gasteiger partial charge < -0.3 is 0 Å². The highest BCUT2D eigenvalue weighted by atomic mass is 127. The summed E-state index contributed by atoms with van der Waals surface area (Å²) in [5, 5.41) is 2.30. The van der Waals surface area contributed by atoms with Gasteiger partial charge in [0.1, 0.15) is 0 Å². The lowest BCUT2D eigenvalue weighted by molar-refractivity contribution is 0.0998. The van der Waals surface area contributed by atoms with E-state index in [1.807, 2.05) is 43.3 Å². The Morgan fingerprint density at radius 1 is 1.13 bits per heavy atom. The summed E-state index contributed by atoms with van der Waals surface area (Å²) in [6.07, 6.45) is 0. The van der Waals surface area contributed by atoms with Gasteiger partial charge in [0.05, 0.1) is 3.92 Å². The average Bonchev–Trinajstić information content (AvgIpc) is 2.27. The van der Waals surface area contributed by atoms with Crippen molar-refractivity contribution in [2.75, 3.05) is 0 Å². The van der Waals surface area contributed by atoms with Gasteiger partial charge in [0, 0.05) is 5.56 Å². The predicted molar refractivity (Wildman–Crippen MR) is 71.8 cm³/mol. The van der Waals surface area contributed by atoms with Crippen molar-refractivity contribution < 1.29 is 4.79 Å². The molecule has 15 heavy (non-hydrogen) atoms. The van der Waals surface area contributed by atoms with Crippen LogP contribution in [0.15, 0.2) is 42.5 Å². The van der Waals surface area contributed by atoms with Crippen LogP contribution in [0, 0.1) is 0 Å². The first kappa shape index (κ1) is 10.6. The molecule has 2 aromatic rings. The second kappa shape index (κ2) is 4.31. The SMILES string of the molecule is CC(I)C(=O)c1ccc2ccccc2c1. The quantitative estimate of drug-likeness (QED) is 0.468. The molecule has 1 atom stereocenters. The maximum Gasteiger partial charge on any atom is 0.175 e. The molecule has 0 aliphatic heterocycles. The Hall–Kier alpha value is -0.900. The van der Waals surface area contributed by atoms with Crippen LogP contribution in [0.25, 0.3) is 10.8 Å². The predicted octanol–water partition coefficient (Wildman–Crippen LogP) is 3.85. The van der Waals surface area contributed by atoms with Gasteiger partial charge in [-0.3, -0.25) is 4.79 Å². The number of ketones is 1. The van der Waals surface area contributed by atoms with Gasteiger partial charge in [-0.15, -0.1) is 0 Å². The van der Waals surface area contributed by atoms with E-state index in [0.29, 0.717) is 0 Å². The van der Waals surface area contributed by atoms with E-state index >= 15 is 0 Å². The molecule has 0 spiro atoms. The molecule has 0 aromatic heterocycles. The summed E-state index contributed by atoms with van der Waals surface area (Å²) in [7, 11) is 0. The van der Waals surface area contributed by atoms with E-state index in [4.69, 9.17) is 0 Å². The largest absolute Gasteiger partial charge is 0.293 e. The first-order valence-corrected chi connectivity index (χ1v) is 6.10. The van der Waals surface area contributed by atoms with Crippen LogP contribution < -0.4 is 0 Å². The van der Waals surface area contributed by atoms with Crippen LogP contribution >= 0.6 is 22.6 Å². The molecule has 0 aliphatic rings. The standard InChI is InChI=1S/C13H11IO/c1-9(14)13(15)12-7-6-10-4-2-3-5-11(10)8-12/h2-9H,1H3. The number of fused-ring (bicyclic) bond motifs is 1. The lowest BCUT2D eigenvalue weighted by Gasteiger charge is -2.04. The molecular weight excluding hydrogens is 299 g/mol. The smallest absolute Gasteiger partial charge is 0.175 e. The second-order valence-corrected chi connectivity index (χ2v) is 5.41. The molecule has 0 bridgehead atoms. The zero-order valence-corrected chi connectivity index (χ0v) is 10.6. The van der Waals surface area contributed by atoms with Crippen molar-refractivity contribution >= 4 is 39.1 Å². The summed E-state index contributed by atoms with van der Waals surface area (Å²) in [5.41, 5.74) is 0.801. The third kappa shape index (κ3) is 2.20. The molecule has 2 heteroatoms. The molecule has 1 unspecified atom stereocenters. The molecule has 0 saturated heterocycles. The fraction of sp³-hybridized carbons (Fsp3) is 0.154.